The Morgan fingerprint density at radius 3 is 1.76 bits per heavy atom. The van der Waals surface area contributed by atoms with Crippen molar-refractivity contribution in [2.45, 2.75) is 102 Å². The summed E-state index contributed by atoms with van der Waals surface area (Å²) in [5, 5.41) is 11.5. The summed E-state index contributed by atoms with van der Waals surface area (Å²) in [6.45, 7) is 1.92. The van der Waals surface area contributed by atoms with E-state index in [9.17, 15) is 4.79 Å². The number of carbonyl (C=O) groups is 1. The van der Waals surface area contributed by atoms with Crippen LogP contribution in [-0.2, 0) is 4.79 Å². The van der Waals surface area contributed by atoms with Gasteiger partial charge >= 0.3 is 56.5 Å². The van der Waals surface area contributed by atoms with Crippen molar-refractivity contribution in [2.24, 2.45) is 0 Å². The molecule has 3 nitrogen and oxygen atoms in total. The standard InChI is InChI=1S/C12H23N.C5H10O2Se/c1-3-7-11(8-4-1)13-12-9-5-2-6-10-12;1-2-3-4(6)5(7)8/h11-13H,1-10H2;4,6H,2-3H2,1H3,(H,7,8)/t;4-/m.0/s1. The maximum absolute atomic E-state index is 10.2. The van der Waals surface area contributed by atoms with Gasteiger partial charge in [0.25, 0.3) is 0 Å². The summed E-state index contributed by atoms with van der Waals surface area (Å²) in [4.78, 5) is 10.2. The van der Waals surface area contributed by atoms with Crippen LogP contribution in [0.3, 0.4) is 0 Å². The third kappa shape index (κ3) is 8.97. The third-order valence-electron chi connectivity index (χ3n) is 4.68. The van der Waals surface area contributed by atoms with Crippen LogP contribution in [0.25, 0.3) is 0 Å². The van der Waals surface area contributed by atoms with Crippen LogP contribution in [0.2, 0.25) is 0 Å². The van der Waals surface area contributed by atoms with Crippen LogP contribution in [0.5, 0.6) is 0 Å². The summed E-state index contributed by atoms with van der Waals surface area (Å²) in [5.41, 5.74) is 0. The predicted octanol–water partition coefficient (Wildman–Crippen LogP) is 2.06. The normalized spacial score (nSPS) is 22.2. The summed E-state index contributed by atoms with van der Waals surface area (Å²) in [7, 11) is 0. The van der Waals surface area contributed by atoms with E-state index in [0.717, 1.165) is 18.5 Å². The number of aliphatic hydroxyl groups excluding tert-OH is 1. The number of hydrogen-bond acceptors (Lipinski definition) is 2. The molecule has 0 amide bonds. The van der Waals surface area contributed by atoms with E-state index in [1.807, 2.05) is 6.92 Å². The Bertz CT molecular complexity index is 258. The minimum absolute atomic E-state index is 0.258. The summed E-state index contributed by atoms with van der Waals surface area (Å²) < 4.78 is -0.258. The molecule has 0 unspecified atom stereocenters. The zero-order valence-electron chi connectivity index (χ0n) is 13.6. The van der Waals surface area contributed by atoms with E-state index < -0.39 is 6.10 Å². The number of quaternary nitrogens is 1. The fourth-order valence-electron chi connectivity index (χ4n) is 3.43. The zero-order valence-corrected chi connectivity index (χ0v) is 15.3. The molecule has 0 radical (unpaired) electrons. The summed E-state index contributed by atoms with van der Waals surface area (Å²) in [6.07, 6.45) is 15.6. The van der Waals surface area contributed by atoms with E-state index in [2.05, 4.69) is 21.3 Å². The van der Waals surface area contributed by atoms with Crippen LogP contribution in [0.4, 0.5) is 0 Å². The second-order valence-electron chi connectivity index (χ2n) is 6.61. The molecule has 0 aromatic carbocycles. The molecule has 0 spiro atoms. The Kier molecular flexibility index (Phi) is 10.6. The second kappa shape index (κ2) is 11.6. The van der Waals surface area contributed by atoms with Gasteiger partial charge in [0.05, 0.1) is 12.1 Å². The molecule has 2 aliphatic rings. The molecule has 2 saturated carbocycles. The van der Waals surface area contributed by atoms with Crippen molar-refractivity contribution < 1.29 is 15.2 Å². The first-order chi connectivity index (χ1) is 10.1. The van der Waals surface area contributed by atoms with Crippen molar-refractivity contribution in [2.75, 3.05) is 0 Å². The molecule has 2 aliphatic carbocycles. The monoisotopic (exact) mass is 363 g/mol. The van der Waals surface area contributed by atoms with Gasteiger partial charge in [0, 0.05) is 0 Å². The molecule has 0 heterocycles. The van der Waals surface area contributed by atoms with E-state index in [-0.39, 0.29) is 4.68 Å². The van der Waals surface area contributed by atoms with Gasteiger partial charge in [-0.05, 0) is 51.4 Å². The Balaban J connectivity index is 0.000000240. The van der Waals surface area contributed by atoms with Crippen molar-refractivity contribution in [3.8, 4) is 0 Å². The number of carbonyl (C=O) groups excluding carboxylic acids is 1. The Labute approximate surface area is 138 Å². The van der Waals surface area contributed by atoms with Crippen molar-refractivity contribution in [3.05, 3.63) is 0 Å². The first-order valence-electron chi connectivity index (χ1n) is 8.87. The molecule has 0 saturated heterocycles. The third-order valence-corrected chi connectivity index (χ3v) is 5.25. The molecule has 124 valence electrons. The van der Waals surface area contributed by atoms with Gasteiger partial charge in [-0.15, -0.1) is 0 Å². The van der Waals surface area contributed by atoms with Gasteiger partial charge in [-0.1, -0.05) is 12.8 Å². The van der Waals surface area contributed by atoms with E-state index in [0.29, 0.717) is 6.42 Å². The van der Waals surface area contributed by atoms with Gasteiger partial charge in [-0.3, -0.25) is 0 Å². The summed E-state index contributed by atoms with van der Waals surface area (Å²) >= 11 is 2.24. The predicted molar refractivity (Wildman–Crippen MR) is 87.3 cm³/mol. The molecule has 0 aromatic rings. The zero-order chi connectivity index (χ0) is 15.5. The van der Waals surface area contributed by atoms with Crippen molar-refractivity contribution in [3.63, 3.8) is 0 Å². The fourth-order valence-corrected chi connectivity index (χ4v) is 3.68. The van der Waals surface area contributed by atoms with Crippen LogP contribution < -0.4 is 5.32 Å². The van der Waals surface area contributed by atoms with Gasteiger partial charge < -0.3 is 5.32 Å². The maximum atomic E-state index is 10.2. The average Bonchev–Trinajstić information content (AvgIpc) is 2.50. The molecular weight excluding hydrogens is 329 g/mol. The quantitative estimate of drug-likeness (QED) is 0.736. The minimum atomic E-state index is -0.778. The Hall–Kier alpha value is 0.109. The number of hydrogen-bond donors (Lipinski definition) is 2. The summed E-state index contributed by atoms with van der Waals surface area (Å²) in [6, 6.07) is 1.99. The van der Waals surface area contributed by atoms with E-state index in [4.69, 9.17) is 5.11 Å². The van der Waals surface area contributed by atoms with Crippen LogP contribution in [0.15, 0.2) is 0 Å². The van der Waals surface area contributed by atoms with E-state index in [1.165, 1.54) is 64.2 Å². The first-order valence-corrected chi connectivity index (χ1v) is 9.73. The topological polar surface area (TPSA) is 53.9 Å². The number of nitrogens with two attached hydrogens (primary N) is 1. The van der Waals surface area contributed by atoms with Crippen molar-refractivity contribution in [1.29, 1.82) is 0 Å². The van der Waals surface area contributed by atoms with Crippen LogP contribution in [0.1, 0.15) is 84.0 Å². The van der Waals surface area contributed by atoms with Crippen molar-refractivity contribution >= 4 is 20.7 Å². The van der Waals surface area contributed by atoms with Crippen LogP contribution in [0, 0.1) is 0 Å². The molecular formula is C17H33NO2Se. The first kappa shape index (κ1) is 19.2. The van der Waals surface area contributed by atoms with Gasteiger partial charge in [0.1, 0.15) is 0 Å². The summed E-state index contributed by atoms with van der Waals surface area (Å²) in [5.74, 6) is 0. The molecule has 1 atom stereocenters. The SMILES string of the molecule is C1CCC([NH2+]C2CCCCC2)CC1.CCC[C@H](O)C(=O)[Se-]. The van der Waals surface area contributed by atoms with Gasteiger partial charge in [-0.25, -0.2) is 0 Å². The second-order valence-corrected chi connectivity index (χ2v) is 7.46. The van der Waals surface area contributed by atoms with Gasteiger partial charge in [0.15, 0.2) is 0 Å². The van der Waals surface area contributed by atoms with Crippen molar-refractivity contribution in [1.82, 2.24) is 0 Å². The average molecular weight is 362 g/mol. The van der Waals surface area contributed by atoms with E-state index >= 15 is 0 Å². The Morgan fingerprint density at radius 2 is 1.48 bits per heavy atom. The number of aliphatic hydroxyl groups is 1. The van der Waals surface area contributed by atoms with Crippen LogP contribution >= 0.6 is 0 Å². The molecule has 3 N–H and O–H groups in total. The van der Waals surface area contributed by atoms with E-state index in [1.54, 1.807) is 0 Å². The molecule has 21 heavy (non-hydrogen) atoms. The van der Waals surface area contributed by atoms with Gasteiger partial charge in [0.2, 0.25) is 0 Å². The molecule has 4 heteroatoms. The molecule has 2 rings (SSSR count). The molecule has 0 aromatic heterocycles. The van der Waals surface area contributed by atoms with Crippen LogP contribution in [-0.4, -0.2) is 44.0 Å². The van der Waals surface area contributed by atoms with Gasteiger partial charge in [-0.2, -0.15) is 0 Å². The Morgan fingerprint density at radius 1 is 1.05 bits per heavy atom. The number of rotatable bonds is 5. The molecule has 0 bridgehead atoms. The fraction of sp³-hybridized carbons (Fsp3) is 0.941. The molecule has 2 fully saturated rings. The molecule has 0 aliphatic heterocycles.